The number of imidazole rings is 1. The van der Waals surface area contributed by atoms with E-state index in [1.807, 2.05) is 4.90 Å². The fraction of sp³-hybridized carbons (Fsp3) is 0.556. The molecule has 2 aliphatic rings. The van der Waals surface area contributed by atoms with Gasteiger partial charge in [-0.25, -0.2) is 9.37 Å². The van der Waals surface area contributed by atoms with Crippen LogP contribution in [-0.2, 0) is 4.79 Å². The summed E-state index contributed by atoms with van der Waals surface area (Å²) in [7, 11) is 0. The molecule has 5 nitrogen and oxygen atoms in total. The van der Waals surface area contributed by atoms with Crippen LogP contribution in [0.15, 0.2) is 18.2 Å². The third kappa shape index (κ3) is 2.90. The number of nitrogens with zero attached hydrogens (tertiary/aromatic N) is 3. The minimum atomic E-state index is -0.233. The van der Waals surface area contributed by atoms with Crippen LogP contribution in [0.3, 0.4) is 0 Å². The summed E-state index contributed by atoms with van der Waals surface area (Å²) < 4.78 is 13.3. The highest BCUT2D eigenvalue weighted by atomic mass is 19.1. The molecule has 0 spiro atoms. The number of hydrogen-bond acceptors (Lipinski definition) is 3. The smallest absolute Gasteiger partial charge is 0.219 e. The molecule has 2 saturated heterocycles. The first-order chi connectivity index (χ1) is 11.6. The molecule has 0 aliphatic carbocycles. The van der Waals surface area contributed by atoms with Gasteiger partial charge in [0.25, 0.3) is 0 Å². The SMILES string of the molecule is CC(=O)N1CCC(N2CC[C@H](c3nc4ccc(F)cc4[nH]3)C2)CC1. The minimum absolute atomic E-state index is 0.183. The van der Waals surface area contributed by atoms with E-state index >= 15 is 0 Å². The summed E-state index contributed by atoms with van der Waals surface area (Å²) in [5.74, 6) is 1.30. The van der Waals surface area contributed by atoms with Crippen molar-refractivity contribution in [2.45, 2.75) is 38.1 Å². The lowest BCUT2D eigenvalue weighted by atomic mass is 10.0. The van der Waals surface area contributed by atoms with Crippen molar-refractivity contribution in [3.8, 4) is 0 Å². The molecule has 2 fully saturated rings. The summed E-state index contributed by atoms with van der Waals surface area (Å²) in [5, 5.41) is 0. The third-order valence-corrected chi connectivity index (χ3v) is 5.49. The number of aromatic amines is 1. The van der Waals surface area contributed by atoms with Crippen LogP contribution < -0.4 is 0 Å². The van der Waals surface area contributed by atoms with E-state index in [2.05, 4.69) is 14.9 Å². The maximum atomic E-state index is 13.3. The minimum Gasteiger partial charge on any atom is -0.343 e. The van der Waals surface area contributed by atoms with Crippen LogP contribution in [0, 0.1) is 5.82 Å². The highest BCUT2D eigenvalue weighted by molar-refractivity contribution is 5.75. The standard InChI is InChI=1S/C18H23FN4O/c1-12(24)22-8-5-15(6-9-22)23-7-4-13(11-23)18-20-16-3-2-14(19)10-17(16)21-18/h2-3,10,13,15H,4-9,11H2,1H3,(H,20,21)/t13-/m0/s1. The number of amides is 1. The molecule has 6 heteroatoms. The van der Waals surface area contributed by atoms with Crippen LogP contribution in [-0.4, -0.2) is 57.9 Å². The molecule has 128 valence electrons. The number of carbonyl (C=O) groups is 1. The molecule has 24 heavy (non-hydrogen) atoms. The van der Waals surface area contributed by atoms with Gasteiger partial charge in [-0.1, -0.05) is 0 Å². The van der Waals surface area contributed by atoms with Gasteiger partial charge in [0, 0.05) is 38.5 Å². The Labute approximate surface area is 140 Å². The van der Waals surface area contributed by atoms with E-state index in [9.17, 15) is 9.18 Å². The molecule has 1 N–H and O–H groups in total. The van der Waals surface area contributed by atoms with E-state index in [0.717, 1.165) is 62.3 Å². The summed E-state index contributed by atoms with van der Waals surface area (Å²) in [4.78, 5) is 23.9. The summed E-state index contributed by atoms with van der Waals surface area (Å²) in [6.45, 7) is 5.45. The lowest BCUT2D eigenvalue weighted by Gasteiger charge is -2.36. The van der Waals surface area contributed by atoms with Crippen LogP contribution in [0.5, 0.6) is 0 Å². The zero-order chi connectivity index (χ0) is 16.7. The van der Waals surface area contributed by atoms with E-state index in [1.165, 1.54) is 12.1 Å². The van der Waals surface area contributed by atoms with E-state index < -0.39 is 0 Å². The van der Waals surface area contributed by atoms with E-state index in [-0.39, 0.29) is 11.7 Å². The highest BCUT2D eigenvalue weighted by Gasteiger charge is 2.32. The van der Waals surface area contributed by atoms with Gasteiger partial charge in [0.1, 0.15) is 11.6 Å². The van der Waals surface area contributed by atoms with Crippen molar-refractivity contribution >= 4 is 16.9 Å². The molecule has 0 bridgehead atoms. The Bertz CT molecular complexity index is 751. The van der Waals surface area contributed by atoms with Crippen molar-refractivity contribution in [1.82, 2.24) is 19.8 Å². The second kappa shape index (κ2) is 6.16. The number of carbonyl (C=O) groups excluding carboxylic acids is 1. The lowest BCUT2D eigenvalue weighted by Crippen LogP contribution is -2.45. The average molecular weight is 330 g/mol. The van der Waals surface area contributed by atoms with E-state index in [4.69, 9.17) is 0 Å². The highest BCUT2D eigenvalue weighted by Crippen LogP contribution is 2.30. The first kappa shape index (κ1) is 15.6. The summed E-state index contributed by atoms with van der Waals surface area (Å²) in [5.41, 5.74) is 1.61. The number of hydrogen-bond donors (Lipinski definition) is 1. The zero-order valence-electron chi connectivity index (χ0n) is 14.0. The lowest BCUT2D eigenvalue weighted by molar-refractivity contribution is -0.130. The Balaban J connectivity index is 1.41. The predicted octanol–water partition coefficient (Wildman–Crippen LogP) is 2.50. The van der Waals surface area contributed by atoms with Crippen LogP contribution in [0.1, 0.15) is 37.9 Å². The Kier molecular flexibility index (Phi) is 4.00. The van der Waals surface area contributed by atoms with Crippen molar-refractivity contribution in [3.63, 3.8) is 0 Å². The maximum Gasteiger partial charge on any atom is 0.219 e. The quantitative estimate of drug-likeness (QED) is 0.920. The first-order valence-electron chi connectivity index (χ1n) is 8.75. The third-order valence-electron chi connectivity index (χ3n) is 5.49. The number of rotatable bonds is 2. The molecule has 1 aromatic carbocycles. The second-order valence-corrected chi connectivity index (χ2v) is 7.00. The molecule has 1 aromatic heterocycles. The van der Waals surface area contributed by atoms with Crippen molar-refractivity contribution in [1.29, 1.82) is 0 Å². The zero-order valence-corrected chi connectivity index (χ0v) is 14.0. The maximum absolute atomic E-state index is 13.3. The van der Waals surface area contributed by atoms with Crippen LogP contribution in [0.25, 0.3) is 11.0 Å². The summed E-state index contributed by atoms with van der Waals surface area (Å²) in [6.07, 6.45) is 3.19. The largest absolute Gasteiger partial charge is 0.343 e. The van der Waals surface area contributed by atoms with Crippen molar-refractivity contribution in [2.75, 3.05) is 26.2 Å². The molecule has 4 rings (SSSR count). The molecule has 1 atom stereocenters. The number of benzene rings is 1. The Morgan fingerprint density at radius 3 is 2.79 bits per heavy atom. The van der Waals surface area contributed by atoms with Gasteiger partial charge in [-0.05, 0) is 44.0 Å². The number of halogens is 1. The van der Waals surface area contributed by atoms with Crippen molar-refractivity contribution in [3.05, 3.63) is 29.8 Å². The molecular weight excluding hydrogens is 307 g/mol. The van der Waals surface area contributed by atoms with Gasteiger partial charge in [-0.3, -0.25) is 9.69 Å². The molecule has 0 radical (unpaired) electrons. The number of piperidine rings is 1. The number of likely N-dealkylation sites (tertiary alicyclic amines) is 2. The molecular formula is C18H23FN4O. The van der Waals surface area contributed by atoms with Crippen LogP contribution in [0.4, 0.5) is 4.39 Å². The van der Waals surface area contributed by atoms with Gasteiger partial charge in [0.2, 0.25) is 5.91 Å². The van der Waals surface area contributed by atoms with Crippen LogP contribution >= 0.6 is 0 Å². The average Bonchev–Trinajstić information content (AvgIpc) is 3.21. The molecule has 0 unspecified atom stereocenters. The van der Waals surface area contributed by atoms with Crippen molar-refractivity contribution in [2.24, 2.45) is 0 Å². The number of nitrogens with one attached hydrogen (secondary N) is 1. The summed E-state index contributed by atoms with van der Waals surface area (Å²) >= 11 is 0. The Morgan fingerprint density at radius 1 is 1.25 bits per heavy atom. The topological polar surface area (TPSA) is 52.2 Å². The van der Waals surface area contributed by atoms with Gasteiger partial charge in [-0.2, -0.15) is 0 Å². The number of aromatic nitrogens is 2. The number of H-pyrrole nitrogens is 1. The van der Waals surface area contributed by atoms with Crippen LogP contribution in [0.2, 0.25) is 0 Å². The van der Waals surface area contributed by atoms with Gasteiger partial charge in [0.15, 0.2) is 0 Å². The Hall–Kier alpha value is -1.95. The first-order valence-corrected chi connectivity index (χ1v) is 8.75. The molecule has 3 heterocycles. The van der Waals surface area contributed by atoms with Gasteiger partial charge < -0.3 is 9.88 Å². The fourth-order valence-corrected chi connectivity index (χ4v) is 4.08. The predicted molar refractivity (Wildman–Crippen MR) is 90.3 cm³/mol. The van der Waals surface area contributed by atoms with Crippen molar-refractivity contribution < 1.29 is 9.18 Å². The van der Waals surface area contributed by atoms with Gasteiger partial charge in [-0.15, -0.1) is 0 Å². The molecule has 2 aromatic rings. The molecule has 0 saturated carbocycles. The second-order valence-electron chi connectivity index (χ2n) is 7.00. The van der Waals surface area contributed by atoms with E-state index in [0.29, 0.717) is 12.0 Å². The van der Waals surface area contributed by atoms with E-state index in [1.54, 1.807) is 13.0 Å². The molecule has 2 aliphatic heterocycles. The fourth-order valence-electron chi connectivity index (χ4n) is 4.08. The normalized spacial score (nSPS) is 23.2. The van der Waals surface area contributed by atoms with Gasteiger partial charge in [0.05, 0.1) is 11.0 Å². The molecule has 1 amide bonds. The monoisotopic (exact) mass is 330 g/mol. The number of fused-ring (bicyclic) bond motifs is 1. The summed E-state index contributed by atoms with van der Waals surface area (Å²) in [6, 6.07) is 5.26. The Morgan fingerprint density at radius 2 is 2.04 bits per heavy atom. The van der Waals surface area contributed by atoms with Gasteiger partial charge >= 0.3 is 0 Å².